The summed E-state index contributed by atoms with van der Waals surface area (Å²) in [6, 6.07) is 10.7. The molecule has 0 saturated heterocycles. The van der Waals surface area contributed by atoms with Gasteiger partial charge >= 0.3 is 0 Å². The number of carbonyl (C=O) groups excluding carboxylic acids is 1. The lowest BCUT2D eigenvalue weighted by Crippen LogP contribution is -2.39. The van der Waals surface area contributed by atoms with Crippen LogP contribution in [0.2, 0.25) is 0 Å². The van der Waals surface area contributed by atoms with Gasteiger partial charge in [-0.1, -0.05) is 24.3 Å². The smallest absolute Gasteiger partial charge is 0.224 e. The molecule has 1 unspecified atom stereocenters. The number of carbonyl (C=O) groups is 1. The van der Waals surface area contributed by atoms with Crippen molar-refractivity contribution < 1.29 is 4.79 Å². The molecule has 1 aliphatic heterocycles. The van der Waals surface area contributed by atoms with Crippen LogP contribution in [0.1, 0.15) is 22.7 Å². The highest BCUT2D eigenvalue weighted by Gasteiger charge is 2.19. The Hall–Kier alpha value is -1.65. The summed E-state index contributed by atoms with van der Waals surface area (Å²) in [5, 5.41) is 10.5. The Balaban J connectivity index is 1.58. The van der Waals surface area contributed by atoms with Crippen LogP contribution in [0.3, 0.4) is 0 Å². The monoisotopic (exact) mass is 286 g/mol. The number of nitrogens with one attached hydrogen (secondary N) is 2. The third kappa shape index (κ3) is 3.08. The molecule has 1 aromatic carbocycles. The molecule has 0 saturated carbocycles. The first-order chi connectivity index (χ1) is 9.83. The molecular weight excluding hydrogens is 268 g/mol. The Labute approximate surface area is 123 Å². The maximum Gasteiger partial charge on any atom is 0.224 e. The van der Waals surface area contributed by atoms with Gasteiger partial charge in [-0.2, -0.15) is 11.3 Å². The molecule has 104 valence electrons. The summed E-state index contributed by atoms with van der Waals surface area (Å²) >= 11 is 1.63. The van der Waals surface area contributed by atoms with E-state index in [9.17, 15) is 4.79 Å². The summed E-state index contributed by atoms with van der Waals surface area (Å²) < 4.78 is 0. The Morgan fingerprint density at radius 1 is 1.35 bits per heavy atom. The van der Waals surface area contributed by atoms with Crippen molar-refractivity contribution >= 4 is 17.2 Å². The topological polar surface area (TPSA) is 41.1 Å². The van der Waals surface area contributed by atoms with Gasteiger partial charge in [0.2, 0.25) is 5.91 Å². The van der Waals surface area contributed by atoms with Gasteiger partial charge in [0, 0.05) is 12.6 Å². The zero-order chi connectivity index (χ0) is 13.8. The van der Waals surface area contributed by atoms with Gasteiger partial charge in [-0.25, -0.2) is 0 Å². The predicted molar refractivity (Wildman–Crippen MR) is 81.9 cm³/mol. The Bertz CT molecular complexity index is 580. The molecular formula is C16H18N2OS. The fourth-order valence-corrected chi connectivity index (χ4v) is 3.30. The second kappa shape index (κ2) is 6.20. The second-order valence-corrected chi connectivity index (χ2v) is 5.85. The minimum atomic E-state index is 0.0910. The molecule has 0 aliphatic carbocycles. The fourth-order valence-electron chi connectivity index (χ4n) is 2.63. The van der Waals surface area contributed by atoms with Crippen molar-refractivity contribution in [2.24, 2.45) is 0 Å². The van der Waals surface area contributed by atoms with E-state index in [1.165, 1.54) is 11.1 Å². The van der Waals surface area contributed by atoms with E-state index in [0.29, 0.717) is 13.0 Å². The first-order valence-electron chi connectivity index (χ1n) is 6.92. The van der Waals surface area contributed by atoms with Gasteiger partial charge in [0.1, 0.15) is 0 Å². The van der Waals surface area contributed by atoms with Crippen molar-refractivity contribution in [1.29, 1.82) is 0 Å². The molecule has 0 fully saturated rings. The summed E-state index contributed by atoms with van der Waals surface area (Å²) in [6.45, 7) is 1.63. The number of thiophene rings is 1. The van der Waals surface area contributed by atoms with Crippen molar-refractivity contribution in [2.45, 2.75) is 18.9 Å². The van der Waals surface area contributed by atoms with E-state index in [2.05, 4.69) is 34.9 Å². The van der Waals surface area contributed by atoms with E-state index in [-0.39, 0.29) is 11.9 Å². The molecule has 2 heterocycles. The van der Waals surface area contributed by atoms with Crippen molar-refractivity contribution in [3.8, 4) is 0 Å². The number of hydrogen-bond donors (Lipinski definition) is 2. The van der Waals surface area contributed by atoms with Gasteiger partial charge in [0.05, 0.1) is 6.42 Å². The molecule has 3 nitrogen and oxygen atoms in total. The normalized spacial score (nSPS) is 17.5. The van der Waals surface area contributed by atoms with Crippen LogP contribution in [0.4, 0.5) is 0 Å². The van der Waals surface area contributed by atoms with Crippen molar-refractivity contribution in [1.82, 2.24) is 10.6 Å². The average Bonchev–Trinajstić information content (AvgIpc) is 2.98. The second-order valence-electron chi connectivity index (χ2n) is 5.07. The lowest BCUT2D eigenvalue weighted by Gasteiger charge is -2.27. The Morgan fingerprint density at radius 3 is 3.10 bits per heavy atom. The maximum absolute atomic E-state index is 11.9. The van der Waals surface area contributed by atoms with Gasteiger partial charge < -0.3 is 10.6 Å². The van der Waals surface area contributed by atoms with Crippen LogP contribution in [-0.2, 0) is 17.6 Å². The summed E-state index contributed by atoms with van der Waals surface area (Å²) in [7, 11) is 0. The van der Waals surface area contributed by atoms with Crippen LogP contribution in [-0.4, -0.2) is 19.0 Å². The van der Waals surface area contributed by atoms with E-state index < -0.39 is 0 Å². The SMILES string of the molecule is O=C(Cc1ccsc1)NCC1NCCc2ccccc21. The number of amides is 1. The molecule has 1 atom stereocenters. The Kier molecular flexibility index (Phi) is 4.14. The molecule has 20 heavy (non-hydrogen) atoms. The minimum Gasteiger partial charge on any atom is -0.354 e. The third-order valence-corrected chi connectivity index (χ3v) is 4.40. The molecule has 0 spiro atoms. The van der Waals surface area contributed by atoms with Gasteiger partial charge in [0.15, 0.2) is 0 Å². The van der Waals surface area contributed by atoms with Crippen LogP contribution in [0.25, 0.3) is 0 Å². The van der Waals surface area contributed by atoms with E-state index in [1.807, 2.05) is 16.8 Å². The maximum atomic E-state index is 11.9. The number of hydrogen-bond acceptors (Lipinski definition) is 3. The lowest BCUT2D eigenvalue weighted by molar-refractivity contribution is -0.120. The quantitative estimate of drug-likeness (QED) is 0.905. The van der Waals surface area contributed by atoms with Crippen LogP contribution >= 0.6 is 11.3 Å². The van der Waals surface area contributed by atoms with Gasteiger partial charge in [-0.15, -0.1) is 0 Å². The van der Waals surface area contributed by atoms with E-state index in [1.54, 1.807) is 11.3 Å². The molecule has 4 heteroatoms. The molecule has 1 aromatic heterocycles. The summed E-state index contributed by atoms with van der Waals surface area (Å²) in [4.78, 5) is 11.9. The molecule has 2 aromatic rings. The molecule has 0 radical (unpaired) electrons. The average molecular weight is 286 g/mol. The highest BCUT2D eigenvalue weighted by Crippen LogP contribution is 2.21. The third-order valence-electron chi connectivity index (χ3n) is 3.66. The van der Waals surface area contributed by atoms with E-state index >= 15 is 0 Å². The molecule has 3 rings (SSSR count). The first-order valence-corrected chi connectivity index (χ1v) is 7.86. The summed E-state index contributed by atoms with van der Waals surface area (Å²) in [5.74, 6) is 0.0910. The van der Waals surface area contributed by atoms with Crippen LogP contribution in [0, 0.1) is 0 Å². The lowest BCUT2D eigenvalue weighted by atomic mass is 9.94. The van der Waals surface area contributed by atoms with Crippen LogP contribution in [0.15, 0.2) is 41.1 Å². The number of rotatable bonds is 4. The van der Waals surface area contributed by atoms with Gasteiger partial charge in [0.25, 0.3) is 0 Å². The van der Waals surface area contributed by atoms with Crippen molar-refractivity contribution in [3.05, 3.63) is 57.8 Å². The van der Waals surface area contributed by atoms with Crippen molar-refractivity contribution in [2.75, 3.05) is 13.1 Å². The molecule has 1 amide bonds. The first kappa shape index (κ1) is 13.3. The largest absolute Gasteiger partial charge is 0.354 e. The zero-order valence-corrected chi connectivity index (χ0v) is 12.1. The number of fused-ring (bicyclic) bond motifs is 1. The Morgan fingerprint density at radius 2 is 2.25 bits per heavy atom. The van der Waals surface area contributed by atoms with Crippen molar-refractivity contribution in [3.63, 3.8) is 0 Å². The highest BCUT2D eigenvalue weighted by molar-refractivity contribution is 7.07. The van der Waals surface area contributed by atoms with E-state index in [4.69, 9.17) is 0 Å². The molecule has 1 aliphatic rings. The molecule has 0 bridgehead atoms. The predicted octanol–water partition coefficient (Wildman–Crippen LogP) is 2.29. The van der Waals surface area contributed by atoms with Gasteiger partial charge in [-0.3, -0.25) is 4.79 Å². The van der Waals surface area contributed by atoms with Gasteiger partial charge in [-0.05, 0) is 46.5 Å². The van der Waals surface area contributed by atoms with Crippen LogP contribution in [0.5, 0.6) is 0 Å². The molecule has 2 N–H and O–H groups in total. The van der Waals surface area contributed by atoms with Crippen LogP contribution < -0.4 is 10.6 Å². The standard InChI is InChI=1S/C16H18N2OS/c19-16(9-12-6-8-20-11-12)18-10-15-14-4-2-1-3-13(14)5-7-17-15/h1-4,6,8,11,15,17H,5,7,9-10H2,(H,18,19). The highest BCUT2D eigenvalue weighted by atomic mass is 32.1. The zero-order valence-electron chi connectivity index (χ0n) is 11.3. The fraction of sp³-hybridized carbons (Fsp3) is 0.312. The van der Waals surface area contributed by atoms with E-state index in [0.717, 1.165) is 18.5 Å². The summed E-state index contributed by atoms with van der Waals surface area (Å²) in [5.41, 5.74) is 3.79. The number of benzene rings is 1. The minimum absolute atomic E-state index is 0.0910. The summed E-state index contributed by atoms with van der Waals surface area (Å²) in [6.07, 6.45) is 1.54.